The summed E-state index contributed by atoms with van der Waals surface area (Å²) in [6.07, 6.45) is 3.77. The van der Waals surface area contributed by atoms with E-state index in [9.17, 15) is 31.5 Å². The number of oxazole rings is 1. The molecule has 4 N–H and O–H groups in total. The first-order chi connectivity index (χ1) is 41.9. The number of piperidine rings is 1. The average molecular weight is 1340 g/mol. The fraction of sp³-hybridized carbons (Fsp3) is 0.750. The Labute approximate surface area is 540 Å². The minimum Gasteiger partial charge on any atom is -0.504 e. The number of nitrogens with zero attached hydrogens (tertiary/aromatic N) is 9. The van der Waals surface area contributed by atoms with Gasteiger partial charge in [-0.3, -0.25) is 14.7 Å². The Morgan fingerprint density at radius 2 is 0.921 bits per heavy atom. The number of ether oxygens (including phenoxy) is 6. The van der Waals surface area contributed by atoms with Gasteiger partial charge in [0, 0.05) is 165 Å². The van der Waals surface area contributed by atoms with E-state index < -0.39 is 31.4 Å². The van der Waals surface area contributed by atoms with Crippen LogP contribution in [0.3, 0.4) is 0 Å². The molecular weight excluding hydrogens is 1230 g/mol. The number of nitrogens with one attached hydrogen (secondary N) is 1. The van der Waals surface area contributed by atoms with Gasteiger partial charge in [-0.2, -0.15) is 8.61 Å². The maximum atomic E-state index is 13.3. The number of hydrogen-bond acceptors (Lipinski definition) is 21. The van der Waals surface area contributed by atoms with Gasteiger partial charge < -0.3 is 63.7 Å². The van der Waals surface area contributed by atoms with Crippen molar-refractivity contribution >= 4 is 72.2 Å². The van der Waals surface area contributed by atoms with E-state index in [4.69, 9.17) is 61.8 Å². The van der Waals surface area contributed by atoms with E-state index in [0.717, 1.165) is 91.8 Å². The molecule has 1 aromatic heterocycles. The highest BCUT2D eigenvalue weighted by atomic mass is 35.5. The topological polar surface area (TPSA) is 268 Å². The van der Waals surface area contributed by atoms with Crippen molar-refractivity contribution in [3.8, 4) is 5.75 Å². The number of nitrogen functional groups attached to an aromatic ring is 1. The number of piperazine rings is 4. The Balaban J connectivity index is 0.000000247. The van der Waals surface area contributed by atoms with E-state index in [1.165, 1.54) is 53.1 Å². The highest BCUT2D eigenvalue weighted by Gasteiger charge is 2.36. The van der Waals surface area contributed by atoms with Gasteiger partial charge in [-0.05, 0) is 91.7 Å². The van der Waals surface area contributed by atoms with Crippen molar-refractivity contribution in [2.24, 2.45) is 0 Å². The molecule has 25 nitrogen and oxygen atoms in total. The summed E-state index contributed by atoms with van der Waals surface area (Å²) in [5.74, 6) is -0.00471. The Kier molecular flexibility index (Phi) is 32.3. The zero-order valence-corrected chi connectivity index (χ0v) is 58.4. The molecule has 89 heavy (non-hydrogen) atoms. The van der Waals surface area contributed by atoms with E-state index >= 15 is 0 Å². The number of phenols is 1. The molecule has 6 heterocycles. The quantitative estimate of drug-likeness (QED) is 0.103. The number of amides is 2. The number of hydrogen-bond donors (Lipinski definition) is 3. The van der Waals surface area contributed by atoms with Crippen molar-refractivity contribution in [1.82, 2.24) is 48.3 Å². The summed E-state index contributed by atoms with van der Waals surface area (Å²) in [5.41, 5.74) is 5.17. The molecule has 29 heteroatoms. The van der Waals surface area contributed by atoms with Crippen LogP contribution in [0.4, 0.5) is 15.3 Å². The molecule has 0 spiro atoms. The van der Waals surface area contributed by atoms with Crippen LogP contribution in [0.25, 0.3) is 11.1 Å². The molecule has 5 saturated heterocycles. The number of nitrogens with two attached hydrogens (primary N) is 1. The van der Waals surface area contributed by atoms with Gasteiger partial charge in [0.1, 0.15) is 26.5 Å². The number of rotatable bonds is 16. The molecule has 2 aromatic carbocycles. The minimum absolute atomic E-state index is 0.00927. The number of methoxy groups -OCH3 is 4. The van der Waals surface area contributed by atoms with Gasteiger partial charge in [0.15, 0.2) is 11.3 Å². The van der Waals surface area contributed by atoms with Gasteiger partial charge in [0.25, 0.3) is 0 Å². The Morgan fingerprint density at radius 1 is 0.551 bits per heavy atom. The third kappa shape index (κ3) is 25.8. The third-order valence-corrected chi connectivity index (χ3v) is 19.6. The number of halogens is 2. The predicted molar refractivity (Wildman–Crippen MR) is 348 cm³/mol. The van der Waals surface area contributed by atoms with E-state index in [2.05, 4.69) is 29.9 Å². The van der Waals surface area contributed by atoms with Gasteiger partial charge in [-0.15, -0.1) is 0 Å². The van der Waals surface area contributed by atoms with Crippen LogP contribution in [0.2, 0.25) is 10.0 Å². The molecule has 2 amide bonds. The lowest BCUT2D eigenvalue weighted by Crippen LogP contribution is -2.50. The maximum Gasteiger partial charge on any atom is 0.410 e. The smallest absolute Gasteiger partial charge is 0.410 e. The molecule has 3 aromatic rings. The van der Waals surface area contributed by atoms with Crippen molar-refractivity contribution < 1.29 is 64.4 Å². The van der Waals surface area contributed by atoms with E-state index in [0.29, 0.717) is 77.0 Å². The van der Waals surface area contributed by atoms with Crippen molar-refractivity contribution in [2.75, 3.05) is 205 Å². The van der Waals surface area contributed by atoms with Crippen LogP contribution < -0.4 is 11.1 Å². The molecule has 8 rings (SSSR count). The lowest BCUT2D eigenvalue weighted by molar-refractivity contribution is 0.0125. The molecule has 0 aliphatic carbocycles. The van der Waals surface area contributed by atoms with Gasteiger partial charge in [-0.1, -0.05) is 50.4 Å². The number of sulfonamides is 2. The number of carbonyl (C=O) groups is 2. The number of likely N-dealkylation sites (tertiary alicyclic amines) is 1. The molecule has 5 aliphatic rings. The summed E-state index contributed by atoms with van der Waals surface area (Å²) in [4.78, 5) is 40.0. The fourth-order valence-electron chi connectivity index (χ4n) is 9.68. The van der Waals surface area contributed by atoms with Crippen LogP contribution in [-0.4, -0.2) is 287 Å². The monoisotopic (exact) mass is 1340 g/mol. The lowest BCUT2D eigenvalue weighted by Gasteiger charge is -2.35. The van der Waals surface area contributed by atoms with Gasteiger partial charge in [-0.25, -0.2) is 31.4 Å². The zero-order chi connectivity index (χ0) is 66.2. The highest BCUT2D eigenvalue weighted by Crippen LogP contribution is 2.38. The number of aromatic nitrogens is 1. The number of phenolic OH excluding ortho intramolecular Hbond substituents is 1. The number of fused-ring (bicyclic) bond motifs is 1. The molecule has 510 valence electrons. The summed E-state index contributed by atoms with van der Waals surface area (Å²) in [7, 11) is -0.899. The molecule has 0 bridgehead atoms. The number of carbonyl (C=O) groups excluding carboxylic acids is 2. The predicted octanol–water partition coefficient (Wildman–Crippen LogP) is 6.44. The first-order valence-electron chi connectivity index (χ1n) is 30.7. The van der Waals surface area contributed by atoms with E-state index in [1.54, 1.807) is 50.4 Å². The fourth-order valence-corrected chi connectivity index (χ4v) is 13.7. The minimum atomic E-state index is -3.88. The van der Waals surface area contributed by atoms with Crippen molar-refractivity contribution in [2.45, 2.75) is 108 Å². The molecule has 0 radical (unpaired) electrons. The number of anilines is 1. The van der Waals surface area contributed by atoms with E-state index in [1.807, 2.05) is 62.3 Å². The van der Waals surface area contributed by atoms with Crippen molar-refractivity contribution in [1.29, 1.82) is 0 Å². The summed E-state index contributed by atoms with van der Waals surface area (Å²) in [5, 5.41) is 13.3. The van der Waals surface area contributed by atoms with Crippen molar-refractivity contribution in [3.05, 3.63) is 40.2 Å². The summed E-state index contributed by atoms with van der Waals surface area (Å²) in [6, 6.07) is 6.01. The first kappa shape index (κ1) is 77.5. The van der Waals surface area contributed by atoms with Crippen LogP contribution >= 0.6 is 23.2 Å². The first-order valence-corrected chi connectivity index (χ1v) is 34.4. The van der Waals surface area contributed by atoms with Crippen LogP contribution in [-0.2, 0) is 53.9 Å². The van der Waals surface area contributed by atoms with Crippen LogP contribution in [0.15, 0.2) is 38.5 Å². The Bertz CT molecular complexity index is 2820. The second kappa shape index (κ2) is 37.1. The second-order valence-corrected chi connectivity index (χ2v) is 29.8. The lowest BCUT2D eigenvalue weighted by atomic mass is 9.97. The zero-order valence-electron chi connectivity index (χ0n) is 55.2. The second-order valence-electron chi connectivity index (χ2n) is 25.2. The molecule has 0 unspecified atom stereocenters. The molecule has 5 fully saturated rings. The van der Waals surface area contributed by atoms with Gasteiger partial charge >= 0.3 is 12.2 Å². The van der Waals surface area contributed by atoms with Crippen LogP contribution in [0.1, 0.15) is 87.5 Å². The SMILES string of the molecule is CC(C)(C)OC(=O)N1CCNCC1.COCCN1CCCCC1.COCCN1CCN(C(=O)OC(C)(C)C)CC1.COCCN1CCN(S(=O)(=O)c2c(Cl)ccc(N)c2O)CC1.COCCN1CCN(S(=O)(=O)c2c(Cl)ccc3nc(C(C)(C)C)oc23)CC1. The number of benzene rings is 2. The standard InChI is InChI=1S/C18H26ClN3O4S.C13H20ClN3O4S.C12H24N2O3.C9H18N2O2.C8H17NO/c1-18(2,3)17-20-14-6-5-13(19)16(15(14)26-17)27(23,24)22-9-7-21(8-10-22)11-12-25-4;1-21-9-8-16-4-6-17(7-5-16)22(19,20)13-10(14)2-3-11(15)12(13)18;1-12(2,3)17-11(15)14-7-5-13(6-8-14)9-10-16-4;1-9(2,3)13-8(12)11-6-4-10-5-7-11;1-10-8-7-9-5-3-2-4-6-9/h5-6H,7-12H2,1-4H3;2-3,18H,4-9,15H2,1H3;5-10H2,1-4H3;10H,4-7H2,1-3H3;2-8H2,1H3. The summed E-state index contributed by atoms with van der Waals surface area (Å²) in [6.45, 7) is 36.7. The largest absolute Gasteiger partial charge is 0.504 e. The maximum absolute atomic E-state index is 13.3. The Morgan fingerprint density at radius 3 is 1.33 bits per heavy atom. The summed E-state index contributed by atoms with van der Waals surface area (Å²) >= 11 is 12.3. The normalized spacial score (nSPS) is 18.3. The molecule has 0 atom stereocenters. The van der Waals surface area contributed by atoms with Crippen LogP contribution in [0, 0.1) is 0 Å². The molecule has 0 saturated carbocycles. The average Bonchev–Trinajstić information content (AvgIpc) is 1.87. The van der Waals surface area contributed by atoms with Crippen molar-refractivity contribution in [3.63, 3.8) is 0 Å². The number of aromatic hydroxyl groups is 1. The van der Waals surface area contributed by atoms with E-state index in [-0.39, 0.29) is 54.3 Å². The molecule has 5 aliphatic heterocycles. The third-order valence-electron chi connectivity index (χ3n) is 14.8. The summed E-state index contributed by atoms with van der Waals surface area (Å²) < 4.78 is 91.4. The van der Waals surface area contributed by atoms with Crippen LogP contribution in [0.5, 0.6) is 5.75 Å². The van der Waals surface area contributed by atoms with Gasteiger partial charge in [0.05, 0.1) is 42.2 Å². The highest BCUT2D eigenvalue weighted by molar-refractivity contribution is 7.89. The van der Waals surface area contributed by atoms with Gasteiger partial charge in [0.2, 0.25) is 25.9 Å². The molecular formula is C60H105Cl2N11O14S2. The Hall–Kier alpha value is -3.91.